The third kappa shape index (κ3) is 2.41. The number of ether oxygens (including phenoxy) is 2. The van der Waals surface area contributed by atoms with Gasteiger partial charge in [-0.3, -0.25) is 14.9 Å². The van der Waals surface area contributed by atoms with E-state index in [0.717, 1.165) is 6.07 Å². The summed E-state index contributed by atoms with van der Waals surface area (Å²) in [7, 11) is 0. The van der Waals surface area contributed by atoms with Crippen LogP contribution in [0.4, 0.5) is 11.4 Å². The molecule has 142 valence electrons. The lowest BCUT2D eigenvalue weighted by atomic mass is 9.68. The number of nitro benzene ring substituents is 1. The van der Waals surface area contributed by atoms with Crippen molar-refractivity contribution in [2.75, 3.05) is 11.9 Å². The van der Waals surface area contributed by atoms with Crippen LogP contribution in [0.1, 0.15) is 12.5 Å². The fraction of sp³-hybridized carbons (Fsp3) is 0.167. The third-order valence-electron chi connectivity index (χ3n) is 4.47. The summed E-state index contributed by atoms with van der Waals surface area (Å²) in [5, 5.41) is 23.5. The number of nitro groups is 1. The maximum absolute atomic E-state index is 13.1. The van der Waals surface area contributed by atoms with Gasteiger partial charge >= 0.3 is 5.97 Å². The van der Waals surface area contributed by atoms with Gasteiger partial charge in [-0.1, -0.05) is 12.7 Å². The highest BCUT2D eigenvalue weighted by Gasteiger charge is 2.60. The Morgan fingerprint density at radius 2 is 2.29 bits per heavy atom. The third-order valence-corrected chi connectivity index (χ3v) is 4.47. The Labute approximate surface area is 158 Å². The van der Waals surface area contributed by atoms with Crippen LogP contribution in [0.25, 0.3) is 0 Å². The van der Waals surface area contributed by atoms with Gasteiger partial charge in [0.05, 0.1) is 4.92 Å². The monoisotopic (exact) mass is 382 g/mol. The lowest BCUT2D eigenvalue weighted by Gasteiger charge is -2.33. The molecule has 0 aromatic heterocycles. The predicted octanol–water partition coefficient (Wildman–Crippen LogP) is 1.51. The van der Waals surface area contributed by atoms with Crippen LogP contribution < -0.4 is 11.1 Å². The number of nitrogens with zero attached hydrogens (tertiary/aromatic N) is 2. The van der Waals surface area contributed by atoms with Crippen molar-refractivity contribution < 1.29 is 24.0 Å². The Kier molecular flexibility index (Phi) is 4.36. The van der Waals surface area contributed by atoms with Crippen molar-refractivity contribution in [3.05, 3.63) is 69.3 Å². The largest absolute Gasteiger partial charge is 0.458 e. The van der Waals surface area contributed by atoms with Crippen molar-refractivity contribution in [3.63, 3.8) is 0 Å². The van der Waals surface area contributed by atoms with Crippen molar-refractivity contribution in [3.8, 4) is 6.07 Å². The molecule has 28 heavy (non-hydrogen) atoms. The predicted molar refractivity (Wildman–Crippen MR) is 95.2 cm³/mol. The molecular weight excluding hydrogens is 368 g/mol. The summed E-state index contributed by atoms with van der Waals surface area (Å²) in [6.45, 7) is 4.68. The number of nitrogens with one attached hydrogen (secondary N) is 1. The van der Waals surface area contributed by atoms with Crippen LogP contribution in [-0.2, 0) is 24.5 Å². The van der Waals surface area contributed by atoms with Crippen molar-refractivity contribution >= 4 is 23.3 Å². The minimum atomic E-state index is -2.03. The zero-order valence-corrected chi connectivity index (χ0v) is 14.6. The zero-order valence-electron chi connectivity index (χ0n) is 14.6. The second-order valence-electron chi connectivity index (χ2n) is 5.96. The summed E-state index contributed by atoms with van der Waals surface area (Å²) in [6.07, 6.45) is 1.33. The summed E-state index contributed by atoms with van der Waals surface area (Å²) < 4.78 is 10.4. The molecule has 1 atom stereocenters. The number of fused-ring (bicyclic) bond motifs is 2. The van der Waals surface area contributed by atoms with Crippen LogP contribution in [-0.4, -0.2) is 23.4 Å². The van der Waals surface area contributed by atoms with Gasteiger partial charge in [0.25, 0.3) is 5.69 Å². The molecule has 1 amide bonds. The number of carbonyl (C=O) groups excluding carboxylic acids is 2. The van der Waals surface area contributed by atoms with Crippen molar-refractivity contribution in [2.45, 2.75) is 12.3 Å². The van der Waals surface area contributed by atoms with Crippen LogP contribution in [0.2, 0.25) is 0 Å². The van der Waals surface area contributed by atoms with Crippen LogP contribution >= 0.6 is 0 Å². The normalized spacial score (nSPS) is 20.2. The Hall–Kier alpha value is -4.13. The molecule has 2 heterocycles. The Balaban J connectivity index is 2.38. The van der Waals surface area contributed by atoms with E-state index in [0.29, 0.717) is 0 Å². The maximum atomic E-state index is 13.1. The molecule has 1 spiro atoms. The molecule has 0 saturated carbocycles. The number of nitriles is 1. The van der Waals surface area contributed by atoms with Crippen LogP contribution in [0.5, 0.6) is 0 Å². The fourth-order valence-corrected chi connectivity index (χ4v) is 3.38. The highest BCUT2D eigenvalue weighted by Crippen LogP contribution is 2.52. The Morgan fingerprint density at radius 1 is 1.57 bits per heavy atom. The second-order valence-corrected chi connectivity index (χ2v) is 5.96. The molecule has 2 aliphatic heterocycles. The Morgan fingerprint density at radius 3 is 2.89 bits per heavy atom. The van der Waals surface area contributed by atoms with E-state index in [1.165, 1.54) is 25.1 Å². The topological polar surface area (TPSA) is 158 Å². The van der Waals surface area contributed by atoms with E-state index in [9.17, 15) is 25.0 Å². The van der Waals surface area contributed by atoms with E-state index < -0.39 is 22.2 Å². The van der Waals surface area contributed by atoms with E-state index in [4.69, 9.17) is 15.2 Å². The molecular formula is C18H14N4O6. The number of rotatable bonds is 4. The molecule has 0 bridgehead atoms. The first-order chi connectivity index (χ1) is 13.3. The quantitative estimate of drug-likeness (QED) is 0.343. The first kappa shape index (κ1) is 18.7. The minimum absolute atomic E-state index is 0.0411. The van der Waals surface area contributed by atoms with Gasteiger partial charge in [0, 0.05) is 23.4 Å². The number of carbonyl (C=O) groups is 2. The molecule has 1 aromatic rings. The lowest BCUT2D eigenvalue weighted by Crippen LogP contribution is -2.45. The number of benzene rings is 1. The average Bonchev–Trinajstić information content (AvgIpc) is 2.92. The number of nitrogens with two attached hydrogens (primary N) is 1. The zero-order chi connectivity index (χ0) is 20.6. The summed E-state index contributed by atoms with van der Waals surface area (Å²) in [5.41, 5.74) is 3.09. The fourth-order valence-electron chi connectivity index (χ4n) is 3.38. The first-order valence-electron chi connectivity index (χ1n) is 7.96. The van der Waals surface area contributed by atoms with Gasteiger partial charge in [0.2, 0.25) is 11.8 Å². The Bertz CT molecular complexity index is 1050. The highest BCUT2D eigenvalue weighted by atomic mass is 16.6. The summed E-state index contributed by atoms with van der Waals surface area (Å²) in [5.74, 6) is -2.14. The number of hydrogen-bond donors (Lipinski definition) is 2. The van der Waals surface area contributed by atoms with E-state index in [2.05, 4.69) is 11.9 Å². The molecule has 10 nitrogen and oxygen atoms in total. The number of non-ortho nitro benzene ring substituents is 1. The summed E-state index contributed by atoms with van der Waals surface area (Å²) >= 11 is 0. The lowest BCUT2D eigenvalue weighted by molar-refractivity contribution is -0.384. The second kappa shape index (κ2) is 6.55. The number of allylic oxidation sites excluding steroid dienone is 1. The number of anilines is 1. The van der Waals surface area contributed by atoms with E-state index in [1.807, 2.05) is 0 Å². The molecule has 3 N–H and O–H groups in total. The van der Waals surface area contributed by atoms with Gasteiger partial charge in [-0.15, -0.1) is 0 Å². The van der Waals surface area contributed by atoms with Crippen molar-refractivity contribution in [2.24, 2.45) is 5.73 Å². The molecule has 0 unspecified atom stereocenters. The molecule has 3 rings (SSSR count). The summed E-state index contributed by atoms with van der Waals surface area (Å²) in [4.78, 5) is 36.5. The number of hydrogen-bond acceptors (Lipinski definition) is 8. The number of amides is 1. The number of esters is 1. The first-order valence-corrected chi connectivity index (χ1v) is 7.96. The SMILES string of the molecule is C=CCOC(=O)C1=C(C)OC(N)=C(C#N)[C@@]12C(=O)Nc1ccc([N+](=O)[O-])cc12. The van der Waals surface area contributed by atoms with Crippen molar-refractivity contribution in [1.29, 1.82) is 5.26 Å². The molecule has 0 aliphatic carbocycles. The van der Waals surface area contributed by atoms with E-state index in [-0.39, 0.29) is 46.3 Å². The average molecular weight is 382 g/mol. The smallest absolute Gasteiger partial charge is 0.339 e. The molecule has 0 fully saturated rings. The molecule has 10 heteroatoms. The van der Waals surface area contributed by atoms with Crippen LogP contribution in [0.15, 0.2) is 53.6 Å². The molecule has 1 aromatic carbocycles. The van der Waals surface area contributed by atoms with E-state index in [1.54, 1.807) is 6.07 Å². The van der Waals surface area contributed by atoms with Gasteiger partial charge in [-0.25, -0.2) is 4.79 Å². The molecule has 2 aliphatic rings. The highest BCUT2D eigenvalue weighted by molar-refractivity contribution is 6.17. The van der Waals surface area contributed by atoms with Gasteiger partial charge in [0.1, 0.15) is 29.6 Å². The van der Waals surface area contributed by atoms with Gasteiger partial charge in [-0.05, 0) is 13.0 Å². The molecule has 0 radical (unpaired) electrons. The minimum Gasteiger partial charge on any atom is -0.458 e. The summed E-state index contributed by atoms with van der Waals surface area (Å²) in [6, 6.07) is 5.45. The van der Waals surface area contributed by atoms with Gasteiger partial charge < -0.3 is 20.5 Å². The van der Waals surface area contributed by atoms with Crippen LogP contribution in [0.3, 0.4) is 0 Å². The standard InChI is InChI=1S/C18H14N4O6/c1-3-6-27-16(23)14-9(2)28-15(20)12(8-19)18(14)11-7-10(22(25)26)4-5-13(11)21-17(18)24/h3-5,7H,1,6,20H2,2H3,(H,21,24)/t18-/m1/s1. The molecule has 0 saturated heterocycles. The van der Waals surface area contributed by atoms with Crippen molar-refractivity contribution in [1.82, 2.24) is 0 Å². The van der Waals surface area contributed by atoms with Crippen LogP contribution in [0, 0.1) is 21.4 Å². The van der Waals surface area contributed by atoms with E-state index >= 15 is 0 Å². The van der Waals surface area contributed by atoms with Gasteiger partial charge in [-0.2, -0.15) is 5.26 Å². The maximum Gasteiger partial charge on any atom is 0.339 e. The van der Waals surface area contributed by atoms with Gasteiger partial charge in [0.15, 0.2) is 5.41 Å².